The summed E-state index contributed by atoms with van der Waals surface area (Å²) in [6.07, 6.45) is -0.637. The molecule has 132 valence electrons. The van der Waals surface area contributed by atoms with Crippen molar-refractivity contribution in [3.63, 3.8) is 0 Å². The molecule has 0 N–H and O–H groups in total. The standard InChI is InChI=1S/C19H20BrNO4/c20-16-8-6-15(7-9-16)18-14-21(10-12-23-18)11-13-24-19(22)25-17-4-2-1-3-5-17/h1-9,18H,10-14H2. The summed E-state index contributed by atoms with van der Waals surface area (Å²) in [5.41, 5.74) is 1.15. The van der Waals surface area contributed by atoms with Gasteiger partial charge in [0.2, 0.25) is 0 Å². The zero-order valence-electron chi connectivity index (χ0n) is 13.8. The minimum atomic E-state index is -0.677. The van der Waals surface area contributed by atoms with Crippen LogP contribution in [0.2, 0.25) is 0 Å². The summed E-state index contributed by atoms with van der Waals surface area (Å²) in [7, 11) is 0. The normalized spacial score (nSPS) is 17.9. The Kier molecular flexibility index (Phi) is 6.44. The number of ether oxygens (including phenoxy) is 3. The predicted octanol–water partition coefficient (Wildman–Crippen LogP) is 4.04. The molecule has 1 fully saturated rings. The van der Waals surface area contributed by atoms with Crippen LogP contribution in [0.3, 0.4) is 0 Å². The fraction of sp³-hybridized carbons (Fsp3) is 0.316. The van der Waals surface area contributed by atoms with Crippen molar-refractivity contribution < 1.29 is 19.0 Å². The van der Waals surface area contributed by atoms with Gasteiger partial charge in [0.05, 0.1) is 12.7 Å². The second kappa shape index (κ2) is 8.99. The van der Waals surface area contributed by atoms with Gasteiger partial charge in [-0.15, -0.1) is 0 Å². The molecule has 3 rings (SSSR count). The van der Waals surface area contributed by atoms with Crippen LogP contribution in [0.15, 0.2) is 59.1 Å². The summed E-state index contributed by atoms with van der Waals surface area (Å²) >= 11 is 3.44. The minimum absolute atomic E-state index is 0.0399. The fourth-order valence-corrected chi connectivity index (χ4v) is 2.92. The zero-order valence-corrected chi connectivity index (χ0v) is 15.4. The van der Waals surface area contributed by atoms with E-state index in [0.29, 0.717) is 25.5 Å². The summed E-state index contributed by atoms with van der Waals surface area (Å²) in [6.45, 7) is 3.21. The van der Waals surface area contributed by atoms with E-state index in [4.69, 9.17) is 14.2 Å². The maximum absolute atomic E-state index is 11.7. The average molecular weight is 406 g/mol. The van der Waals surface area contributed by atoms with Gasteiger partial charge in [-0.2, -0.15) is 0 Å². The Labute approximate surface area is 155 Å². The van der Waals surface area contributed by atoms with Gasteiger partial charge in [0.15, 0.2) is 0 Å². The molecule has 1 unspecified atom stereocenters. The van der Waals surface area contributed by atoms with Crippen LogP contribution < -0.4 is 4.74 Å². The van der Waals surface area contributed by atoms with E-state index in [1.165, 1.54) is 0 Å². The maximum Gasteiger partial charge on any atom is 0.513 e. The molecule has 5 nitrogen and oxygen atoms in total. The topological polar surface area (TPSA) is 48.0 Å². The summed E-state index contributed by atoms with van der Waals surface area (Å²) in [6, 6.07) is 17.0. The van der Waals surface area contributed by atoms with Crippen LogP contribution in [0, 0.1) is 0 Å². The second-order valence-electron chi connectivity index (χ2n) is 5.73. The number of hydrogen-bond donors (Lipinski definition) is 0. The molecule has 1 saturated heterocycles. The first kappa shape index (κ1) is 17.9. The molecule has 0 bridgehead atoms. The van der Waals surface area contributed by atoms with Crippen molar-refractivity contribution in [2.75, 3.05) is 32.8 Å². The van der Waals surface area contributed by atoms with E-state index in [2.05, 4.69) is 33.0 Å². The first-order chi connectivity index (χ1) is 12.2. The highest BCUT2D eigenvalue weighted by Gasteiger charge is 2.22. The van der Waals surface area contributed by atoms with Crippen molar-refractivity contribution in [2.45, 2.75) is 6.10 Å². The lowest BCUT2D eigenvalue weighted by molar-refractivity contribution is -0.0355. The van der Waals surface area contributed by atoms with Crippen molar-refractivity contribution in [3.05, 3.63) is 64.6 Å². The third-order valence-electron chi connectivity index (χ3n) is 3.96. The quantitative estimate of drug-likeness (QED) is 0.554. The number of halogens is 1. The molecule has 6 heteroatoms. The largest absolute Gasteiger partial charge is 0.513 e. The first-order valence-corrected chi connectivity index (χ1v) is 8.99. The van der Waals surface area contributed by atoms with Gasteiger partial charge >= 0.3 is 6.16 Å². The molecule has 2 aromatic rings. The van der Waals surface area contributed by atoms with Gasteiger partial charge in [-0.05, 0) is 29.8 Å². The summed E-state index contributed by atoms with van der Waals surface area (Å²) in [5, 5.41) is 0. The van der Waals surface area contributed by atoms with E-state index in [9.17, 15) is 4.79 Å². The van der Waals surface area contributed by atoms with E-state index < -0.39 is 6.16 Å². The number of rotatable bonds is 5. The predicted molar refractivity (Wildman–Crippen MR) is 97.7 cm³/mol. The van der Waals surface area contributed by atoms with Crippen LogP contribution in [0.25, 0.3) is 0 Å². The number of para-hydroxylation sites is 1. The smallest absolute Gasteiger partial charge is 0.433 e. The Bertz CT molecular complexity index is 678. The number of hydrogen-bond acceptors (Lipinski definition) is 5. The minimum Gasteiger partial charge on any atom is -0.433 e. The molecular weight excluding hydrogens is 386 g/mol. The number of nitrogens with zero attached hydrogens (tertiary/aromatic N) is 1. The van der Waals surface area contributed by atoms with Gasteiger partial charge in [-0.3, -0.25) is 4.90 Å². The number of benzene rings is 2. The monoisotopic (exact) mass is 405 g/mol. The SMILES string of the molecule is O=C(OCCN1CCOC(c2ccc(Br)cc2)C1)Oc1ccccc1. The highest BCUT2D eigenvalue weighted by atomic mass is 79.9. The average Bonchev–Trinajstić information content (AvgIpc) is 2.63. The molecule has 0 aliphatic carbocycles. The van der Waals surface area contributed by atoms with E-state index in [1.807, 2.05) is 18.2 Å². The lowest BCUT2D eigenvalue weighted by Crippen LogP contribution is -2.40. The fourth-order valence-electron chi connectivity index (χ4n) is 2.66. The summed E-state index contributed by atoms with van der Waals surface area (Å²) in [4.78, 5) is 13.9. The Morgan fingerprint density at radius 2 is 1.92 bits per heavy atom. The Morgan fingerprint density at radius 3 is 2.68 bits per heavy atom. The summed E-state index contributed by atoms with van der Waals surface area (Å²) < 4.78 is 17.2. The third kappa shape index (κ3) is 5.56. The van der Waals surface area contributed by atoms with Crippen LogP contribution in [0.4, 0.5) is 4.79 Å². The van der Waals surface area contributed by atoms with Crippen LogP contribution >= 0.6 is 15.9 Å². The van der Waals surface area contributed by atoms with Gasteiger partial charge in [-0.25, -0.2) is 4.79 Å². The van der Waals surface area contributed by atoms with Gasteiger partial charge in [0.1, 0.15) is 12.4 Å². The van der Waals surface area contributed by atoms with E-state index in [-0.39, 0.29) is 6.10 Å². The van der Waals surface area contributed by atoms with E-state index in [0.717, 1.165) is 23.1 Å². The molecule has 1 aliphatic heterocycles. The van der Waals surface area contributed by atoms with Crippen molar-refractivity contribution in [1.29, 1.82) is 0 Å². The molecule has 25 heavy (non-hydrogen) atoms. The molecule has 0 spiro atoms. The Hall–Kier alpha value is -1.89. The molecule has 0 saturated carbocycles. The maximum atomic E-state index is 11.7. The molecule has 1 atom stereocenters. The molecule has 0 amide bonds. The molecular formula is C19H20BrNO4. The molecule has 1 aliphatic rings. The van der Waals surface area contributed by atoms with E-state index in [1.54, 1.807) is 24.3 Å². The molecule has 2 aromatic carbocycles. The van der Waals surface area contributed by atoms with Crippen molar-refractivity contribution >= 4 is 22.1 Å². The van der Waals surface area contributed by atoms with Gasteiger partial charge in [-0.1, -0.05) is 46.3 Å². The Balaban J connectivity index is 1.42. The third-order valence-corrected chi connectivity index (χ3v) is 4.49. The molecule has 0 radical (unpaired) electrons. The summed E-state index contributed by atoms with van der Waals surface area (Å²) in [5.74, 6) is 0.481. The van der Waals surface area contributed by atoms with Crippen LogP contribution in [-0.4, -0.2) is 43.9 Å². The van der Waals surface area contributed by atoms with Crippen molar-refractivity contribution in [1.82, 2.24) is 4.90 Å². The molecule has 1 heterocycles. The van der Waals surface area contributed by atoms with Crippen molar-refractivity contribution in [3.8, 4) is 5.75 Å². The van der Waals surface area contributed by atoms with Crippen LogP contribution in [0.1, 0.15) is 11.7 Å². The lowest BCUT2D eigenvalue weighted by Gasteiger charge is -2.32. The highest BCUT2D eigenvalue weighted by Crippen LogP contribution is 2.23. The second-order valence-corrected chi connectivity index (χ2v) is 6.64. The van der Waals surface area contributed by atoms with Crippen molar-refractivity contribution in [2.24, 2.45) is 0 Å². The van der Waals surface area contributed by atoms with Crippen LogP contribution in [-0.2, 0) is 9.47 Å². The van der Waals surface area contributed by atoms with Gasteiger partial charge in [0.25, 0.3) is 0 Å². The Morgan fingerprint density at radius 1 is 1.16 bits per heavy atom. The van der Waals surface area contributed by atoms with Gasteiger partial charge < -0.3 is 14.2 Å². The van der Waals surface area contributed by atoms with E-state index >= 15 is 0 Å². The highest BCUT2D eigenvalue weighted by molar-refractivity contribution is 9.10. The zero-order chi connectivity index (χ0) is 17.5. The first-order valence-electron chi connectivity index (χ1n) is 8.20. The lowest BCUT2D eigenvalue weighted by atomic mass is 10.1. The van der Waals surface area contributed by atoms with Crippen LogP contribution in [0.5, 0.6) is 5.75 Å². The number of morpholine rings is 1. The number of carbonyl (C=O) groups is 1. The molecule has 0 aromatic heterocycles. The van der Waals surface area contributed by atoms with Gasteiger partial charge in [0, 0.05) is 24.1 Å². The number of carbonyl (C=O) groups excluding carboxylic acids is 1.